The van der Waals surface area contributed by atoms with Gasteiger partial charge >= 0.3 is 6.09 Å². The van der Waals surface area contributed by atoms with Crippen LogP contribution in [-0.4, -0.2) is 48.5 Å². The molecule has 0 saturated heterocycles. The van der Waals surface area contributed by atoms with Gasteiger partial charge in [-0.15, -0.1) is 24.0 Å². The second-order valence-corrected chi connectivity index (χ2v) is 8.13. The zero-order valence-electron chi connectivity index (χ0n) is 19.8. The molecule has 4 N–H and O–H groups in total. The van der Waals surface area contributed by atoms with Gasteiger partial charge in [0.1, 0.15) is 5.60 Å². The smallest absolute Gasteiger partial charge is 0.408 e. The molecule has 0 aliphatic heterocycles. The first kappa shape index (κ1) is 29.1. The molecule has 0 bridgehead atoms. The van der Waals surface area contributed by atoms with E-state index in [0.29, 0.717) is 30.4 Å². The van der Waals surface area contributed by atoms with E-state index >= 15 is 0 Å². The van der Waals surface area contributed by atoms with Crippen LogP contribution in [0.5, 0.6) is 11.5 Å². The second-order valence-electron chi connectivity index (χ2n) is 8.13. The van der Waals surface area contributed by atoms with Crippen molar-refractivity contribution >= 4 is 36.0 Å². The molecule has 0 unspecified atom stereocenters. The van der Waals surface area contributed by atoms with E-state index in [4.69, 9.17) is 9.47 Å². The quantitative estimate of drug-likeness (QED) is 0.209. The van der Waals surface area contributed by atoms with Crippen molar-refractivity contribution in [3.63, 3.8) is 0 Å². The van der Waals surface area contributed by atoms with Gasteiger partial charge in [0.15, 0.2) is 17.5 Å². The molecule has 0 radical (unpaired) electrons. The number of hydrogen-bond donors (Lipinski definition) is 4. The van der Waals surface area contributed by atoms with Crippen LogP contribution < -0.4 is 20.7 Å². The lowest BCUT2D eigenvalue weighted by atomic mass is 9.93. The van der Waals surface area contributed by atoms with Crippen molar-refractivity contribution in [2.24, 2.45) is 4.99 Å². The number of phenolic OH excluding ortho intramolecular Hbond substituents is 1. The van der Waals surface area contributed by atoms with Gasteiger partial charge in [0.25, 0.3) is 0 Å². The van der Waals surface area contributed by atoms with Gasteiger partial charge in [-0.05, 0) is 46.6 Å². The van der Waals surface area contributed by atoms with Crippen molar-refractivity contribution in [2.75, 3.05) is 20.2 Å². The second kappa shape index (κ2) is 13.5. The average Bonchev–Trinajstić information content (AvgIpc) is 2.68. The number of rotatable bonds is 9. The Morgan fingerprint density at radius 1 is 1.13 bits per heavy atom. The minimum atomic E-state index is -0.556. The summed E-state index contributed by atoms with van der Waals surface area (Å²) in [5, 5.41) is 19.8. The summed E-state index contributed by atoms with van der Waals surface area (Å²) in [6, 6.07) is 5.32. The minimum Gasteiger partial charge on any atom is -0.504 e. The number of alkyl carbamates (subject to hydrolysis) is 1. The number of aliphatic imine (C=N–C) groups is 1. The Morgan fingerprint density at radius 3 is 2.29 bits per heavy atom. The molecule has 8 nitrogen and oxygen atoms in total. The first-order valence-electron chi connectivity index (χ1n) is 10.5. The number of aromatic hydroxyl groups is 1. The normalized spacial score (nSPS) is 11.9. The maximum atomic E-state index is 12.3. The molecular formula is C22H39IN4O4. The van der Waals surface area contributed by atoms with Crippen LogP contribution in [-0.2, 0) is 11.3 Å². The number of para-hydroxylation sites is 1. The third-order valence-corrected chi connectivity index (χ3v) is 4.77. The van der Waals surface area contributed by atoms with Crippen LogP contribution in [0.4, 0.5) is 4.79 Å². The van der Waals surface area contributed by atoms with E-state index in [1.807, 2.05) is 47.6 Å². The van der Waals surface area contributed by atoms with E-state index in [-0.39, 0.29) is 36.3 Å². The number of phenols is 1. The summed E-state index contributed by atoms with van der Waals surface area (Å²) in [7, 11) is 1.51. The first-order chi connectivity index (χ1) is 14.1. The highest BCUT2D eigenvalue weighted by atomic mass is 127. The molecule has 0 aliphatic rings. The Bertz CT molecular complexity index is 716. The van der Waals surface area contributed by atoms with Gasteiger partial charge in [-0.2, -0.15) is 0 Å². The predicted molar refractivity (Wildman–Crippen MR) is 136 cm³/mol. The van der Waals surface area contributed by atoms with Crippen molar-refractivity contribution < 1.29 is 19.4 Å². The van der Waals surface area contributed by atoms with Crippen molar-refractivity contribution in [1.29, 1.82) is 0 Å². The van der Waals surface area contributed by atoms with E-state index in [1.54, 1.807) is 12.1 Å². The Kier molecular flexibility index (Phi) is 12.7. The number of hydrogen-bond acceptors (Lipinski definition) is 5. The van der Waals surface area contributed by atoms with E-state index in [0.717, 1.165) is 12.8 Å². The summed E-state index contributed by atoms with van der Waals surface area (Å²) in [4.78, 5) is 16.9. The number of halogens is 1. The molecule has 0 fully saturated rings. The maximum absolute atomic E-state index is 12.3. The Morgan fingerprint density at radius 2 is 1.77 bits per heavy atom. The molecule has 0 aromatic heterocycles. The van der Waals surface area contributed by atoms with Gasteiger partial charge in [-0.25, -0.2) is 9.79 Å². The summed E-state index contributed by atoms with van der Waals surface area (Å²) >= 11 is 0. The fraction of sp³-hybridized carbons (Fsp3) is 0.636. The van der Waals surface area contributed by atoms with Gasteiger partial charge < -0.3 is 30.5 Å². The number of guanidine groups is 1. The molecule has 0 spiro atoms. The van der Waals surface area contributed by atoms with Crippen molar-refractivity contribution in [3.05, 3.63) is 23.8 Å². The molecule has 0 saturated carbocycles. The van der Waals surface area contributed by atoms with Crippen LogP contribution in [0.2, 0.25) is 0 Å². The monoisotopic (exact) mass is 550 g/mol. The minimum absolute atomic E-state index is 0. The van der Waals surface area contributed by atoms with E-state index in [9.17, 15) is 9.90 Å². The molecule has 1 aromatic carbocycles. The van der Waals surface area contributed by atoms with Crippen molar-refractivity contribution in [2.45, 2.75) is 72.1 Å². The SMILES string of the molecule is CCNC(=NCc1cccc(OC)c1O)NCC(CC)(CC)NC(=O)OC(C)(C)C.I. The summed E-state index contributed by atoms with van der Waals surface area (Å²) in [6.45, 7) is 13.0. The molecule has 1 rings (SSSR count). The fourth-order valence-corrected chi connectivity index (χ4v) is 2.86. The summed E-state index contributed by atoms with van der Waals surface area (Å²) in [6.07, 6.45) is 1.02. The largest absolute Gasteiger partial charge is 0.504 e. The highest BCUT2D eigenvalue weighted by molar-refractivity contribution is 14.0. The van der Waals surface area contributed by atoms with Crippen LogP contribution in [0, 0.1) is 0 Å². The molecule has 1 aromatic rings. The van der Waals surface area contributed by atoms with Crippen LogP contribution in [0.25, 0.3) is 0 Å². The van der Waals surface area contributed by atoms with Crippen molar-refractivity contribution in [1.82, 2.24) is 16.0 Å². The number of methoxy groups -OCH3 is 1. The van der Waals surface area contributed by atoms with Crippen LogP contribution in [0.3, 0.4) is 0 Å². The number of carbonyl (C=O) groups excluding carboxylic acids is 1. The zero-order valence-corrected chi connectivity index (χ0v) is 22.1. The standard InChI is InChI=1S/C22H38N4O4.HI/c1-8-22(9-2,26-20(28)30-21(4,5)6)15-25-19(23-10-3)24-14-16-12-11-13-17(29-7)18(16)27;/h11-13,27H,8-10,14-15H2,1-7H3,(H,26,28)(H2,23,24,25);1H. The number of carbonyl (C=O) groups is 1. The molecular weight excluding hydrogens is 511 g/mol. The topological polar surface area (TPSA) is 104 Å². The number of nitrogens with zero attached hydrogens (tertiary/aromatic N) is 1. The number of amides is 1. The lowest BCUT2D eigenvalue weighted by Gasteiger charge is -2.34. The lowest BCUT2D eigenvalue weighted by molar-refractivity contribution is 0.0448. The Labute approximate surface area is 203 Å². The van der Waals surface area contributed by atoms with Crippen LogP contribution in [0.1, 0.15) is 59.9 Å². The number of ether oxygens (including phenoxy) is 2. The molecule has 0 aliphatic carbocycles. The van der Waals surface area contributed by atoms with Gasteiger partial charge in [-0.3, -0.25) is 0 Å². The van der Waals surface area contributed by atoms with Gasteiger partial charge in [-0.1, -0.05) is 26.0 Å². The molecule has 0 atom stereocenters. The first-order valence-corrected chi connectivity index (χ1v) is 10.5. The van der Waals surface area contributed by atoms with Gasteiger partial charge in [0.05, 0.1) is 19.2 Å². The number of benzene rings is 1. The van der Waals surface area contributed by atoms with Gasteiger partial charge in [0, 0.05) is 18.7 Å². The molecule has 0 heterocycles. The molecule has 1 amide bonds. The van der Waals surface area contributed by atoms with Crippen LogP contribution >= 0.6 is 24.0 Å². The highest BCUT2D eigenvalue weighted by Crippen LogP contribution is 2.29. The summed E-state index contributed by atoms with van der Waals surface area (Å²) in [5.41, 5.74) is -0.369. The van der Waals surface area contributed by atoms with Crippen LogP contribution in [0.15, 0.2) is 23.2 Å². The third kappa shape index (κ3) is 9.84. The fourth-order valence-electron chi connectivity index (χ4n) is 2.86. The molecule has 31 heavy (non-hydrogen) atoms. The summed E-state index contributed by atoms with van der Waals surface area (Å²) < 4.78 is 10.6. The average molecular weight is 550 g/mol. The van der Waals surface area contributed by atoms with E-state index in [2.05, 4.69) is 20.9 Å². The van der Waals surface area contributed by atoms with E-state index in [1.165, 1.54) is 7.11 Å². The third-order valence-electron chi connectivity index (χ3n) is 4.77. The Hall–Kier alpha value is -1.91. The zero-order chi connectivity index (χ0) is 22.8. The van der Waals surface area contributed by atoms with Crippen molar-refractivity contribution in [3.8, 4) is 11.5 Å². The maximum Gasteiger partial charge on any atom is 0.408 e. The lowest BCUT2D eigenvalue weighted by Crippen LogP contribution is -2.57. The summed E-state index contributed by atoms with van der Waals surface area (Å²) in [5.74, 6) is 1.10. The molecule has 9 heteroatoms. The van der Waals surface area contributed by atoms with E-state index < -0.39 is 17.2 Å². The molecule has 178 valence electrons. The Balaban J connectivity index is 0.00000900. The highest BCUT2D eigenvalue weighted by Gasteiger charge is 2.30. The van der Waals surface area contributed by atoms with Gasteiger partial charge in [0.2, 0.25) is 0 Å². The predicted octanol–water partition coefficient (Wildman–Crippen LogP) is 4.16. The number of nitrogens with one attached hydrogen (secondary N) is 3.